The molecule has 0 fully saturated rings. The van der Waals surface area contributed by atoms with Crippen molar-refractivity contribution in [1.82, 2.24) is 0 Å². The first kappa shape index (κ1) is 18.9. The Labute approximate surface area is 135 Å². The van der Waals surface area contributed by atoms with Gasteiger partial charge in [0.15, 0.2) is 0 Å². The van der Waals surface area contributed by atoms with E-state index in [0.717, 1.165) is 6.42 Å². The number of rotatable bonds is 7. The van der Waals surface area contributed by atoms with Gasteiger partial charge in [-0.05, 0) is 19.3 Å². The van der Waals surface area contributed by atoms with Crippen LogP contribution in [0, 0.1) is 0 Å². The summed E-state index contributed by atoms with van der Waals surface area (Å²) in [7, 11) is -4.25. The van der Waals surface area contributed by atoms with Gasteiger partial charge >= 0.3 is 51.4 Å². The van der Waals surface area contributed by atoms with Gasteiger partial charge in [0.1, 0.15) is 0 Å². The van der Waals surface area contributed by atoms with E-state index in [1.54, 1.807) is 6.92 Å². The van der Waals surface area contributed by atoms with E-state index in [9.17, 15) is 18.1 Å². The maximum Gasteiger partial charge on any atom is 1.00 e. The normalized spacial score (nSPS) is 15.5. The fourth-order valence-electron chi connectivity index (χ4n) is 1.28. The molecule has 0 aromatic heterocycles. The van der Waals surface area contributed by atoms with Crippen molar-refractivity contribution < 1.29 is 69.5 Å². The van der Waals surface area contributed by atoms with E-state index in [4.69, 9.17) is 0 Å². The molecule has 0 amide bonds. The van der Waals surface area contributed by atoms with Crippen LogP contribution in [0.3, 0.4) is 0 Å². The van der Waals surface area contributed by atoms with E-state index < -0.39 is 21.5 Å². The van der Waals surface area contributed by atoms with Gasteiger partial charge in [-0.2, -0.15) is 0 Å². The van der Waals surface area contributed by atoms with E-state index in [2.05, 4.69) is 0 Å². The first-order valence-electron chi connectivity index (χ1n) is 5.04. The van der Waals surface area contributed by atoms with Crippen LogP contribution < -0.4 is 51.4 Å². The molecule has 0 aromatic rings. The number of hydrogen-bond donors (Lipinski definition) is 1. The Morgan fingerprint density at radius 1 is 1.33 bits per heavy atom. The summed E-state index contributed by atoms with van der Waals surface area (Å²) in [5.74, 6) is 0. The summed E-state index contributed by atoms with van der Waals surface area (Å²) in [5.41, 5.74) is 0. The van der Waals surface area contributed by atoms with Crippen molar-refractivity contribution in [3.63, 3.8) is 0 Å². The van der Waals surface area contributed by atoms with Crippen LogP contribution in [-0.2, 0) is 10.1 Å². The average molecular weight is 262 g/mol. The smallest absolute Gasteiger partial charge is 0.748 e. The number of aliphatic hydroxyl groups excluding tert-OH is 1. The van der Waals surface area contributed by atoms with Gasteiger partial charge in [0.2, 0.25) is 0 Å². The number of aliphatic hydroxyl groups is 1. The predicted octanol–water partition coefficient (Wildman–Crippen LogP) is -1.74. The van der Waals surface area contributed by atoms with Crippen LogP contribution >= 0.6 is 0 Å². The molecule has 15 heavy (non-hydrogen) atoms. The summed E-state index contributed by atoms with van der Waals surface area (Å²) < 4.78 is 32.5. The van der Waals surface area contributed by atoms with Crippen molar-refractivity contribution in [2.24, 2.45) is 0 Å². The summed E-state index contributed by atoms with van der Waals surface area (Å²) in [4.78, 5) is 0. The Morgan fingerprint density at radius 2 is 1.87 bits per heavy atom. The molecule has 0 aromatic carbocycles. The maximum atomic E-state index is 10.8. The van der Waals surface area contributed by atoms with Gasteiger partial charge in [-0.25, -0.2) is 8.42 Å². The monoisotopic (exact) mass is 262 g/mol. The quantitative estimate of drug-likeness (QED) is 0.436. The van der Waals surface area contributed by atoms with Crippen molar-refractivity contribution in [1.29, 1.82) is 0 Å². The second-order valence-electron chi connectivity index (χ2n) is 3.55. The third-order valence-corrected chi connectivity index (χ3v) is 3.54. The molecule has 2 unspecified atom stereocenters. The second kappa shape index (κ2) is 9.53. The van der Waals surface area contributed by atoms with E-state index in [1.807, 2.05) is 6.92 Å². The fraction of sp³-hybridized carbons (Fsp3) is 1.00. The zero-order valence-electron chi connectivity index (χ0n) is 9.77. The van der Waals surface area contributed by atoms with Gasteiger partial charge < -0.3 is 9.66 Å². The van der Waals surface area contributed by atoms with Gasteiger partial charge in [-0.3, -0.25) is 0 Å². The van der Waals surface area contributed by atoms with Crippen LogP contribution in [0.4, 0.5) is 0 Å². The third kappa shape index (κ3) is 9.23. The Balaban J connectivity index is 0. The van der Waals surface area contributed by atoms with Gasteiger partial charge in [0, 0.05) is 0 Å². The van der Waals surface area contributed by atoms with Crippen LogP contribution in [0.25, 0.3) is 0 Å². The van der Waals surface area contributed by atoms with Crippen molar-refractivity contribution >= 4 is 10.1 Å². The molecule has 6 heteroatoms. The van der Waals surface area contributed by atoms with Crippen LogP contribution in [0.2, 0.25) is 0 Å². The van der Waals surface area contributed by atoms with Gasteiger partial charge in [-0.15, -0.1) is 0 Å². The molecule has 2 atom stereocenters. The molecule has 0 saturated heterocycles. The molecule has 0 rings (SSSR count). The summed E-state index contributed by atoms with van der Waals surface area (Å²) in [6.07, 6.45) is 1.80. The van der Waals surface area contributed by atoms with E-state index in [0.29, 0.717) is 19.3 Å². The SMILES string of the molecule is CCCCC(CC(O)CC)S(=O)(=O)[O-].[K+]. The van der Waals surface area contributed by atoms with Crippen molar-refractivity contribution in [2.45, 2.75) is 57.3 Å². The van der Waals surface area contributed by atoms with Gasteiger partial charge in [-0.1, -0.05) is 26.7 Å². The molecule has 86 valence electrons. The molecule has 0 saturated carbocycles. The van der Waals surface area contributed by atoms with E-state index in [1.165, 1.54) is 0 Å². The molecule has 0 aliphatic heterocycles. The second-order valence-corrected chi connectivity index (χ2v) is 5.21. The summed E-state index contributed by atoms with van der Waals surface area (Å²) in [6.45, 7) is 3.70. The molecular formula is C9H19KO4S. The fourth-order valence-corrected chi connectivity index (χ4v) is 2.20. The zero-order valence-corrected chi connectivity index (χ0v) is 13.7. The topological polar surface area (TPSA) is 77.4 Å². The van der Waals surface area contributed by atoms with Crippen LogP contribution in [0.15, 0.2) is 0 Å². The first-order valence-corrected chi connectivity index (χ1v) is 6.51. The van der Waals surface area contributed by atoms with Gasteiger partial charge in [0.05, 0.1) is 21.5 Å². The minimum atomic E-state index is -4.25. The van der Waals surface area contributed by atoms with E-state index >= 15 is 0 Å². The molecule has 0 bridgehead atoms. The molecule has 0 aliphatic rings. The summed E-state index contributed by atoms with van der Waals surface area (Å²) >= 11 is 0. The van der Waals surface area contributed by atoms with Crippen LogP contribution in [0.1, 0.15) is 46.0 Å². The molecule has 0 radical (unpaired) electrons. The van der Waals surface area contributed by atoms with Crippen molar-refractivity contribution in [2.75, 3.05) is 0 Å². The molecule has 0 aliphatic carbocycles. The Kier molecular flexibility index (Phi) is 12.0. The third-order valence-electron chi connectivity index (χ3n) is 2.29. The van der Waals surface area contributed by atoms with Gasteiger partial charge in [0.25, 0.3) is 0 Å². The Bertz CT molecular complexity index is 240. The van der Waals surface area contributed by atoms with E-state index in [-0.39, 0.29) is 57.8 Å². The van der Waals surface area contributed by atoms with Crippen molar-refractivity contribution in [3.05, 3.63) is 0 Å². The minimum Gasteiger partial charge on any atom is -0.748 e. The van der Waals surface area contributed by atoms with Crippen molar-refractivity contribution in [3.8, 4) is 0 Å². The molecule has 0 spiro atoms. The largest absolute Gasteiger partial charge is 1.00 e. The Hall–Kier alpha value is 1.51. The van der Waals surface area contributed by atoms with Crippen LogP contribution in [-0.4, -0.2) is 29.4 Å². The molecule has 1 N–H and O–H groups in total. The standard InChI is InChI=1S/C9H20O4S.K/c1-3-5-6-9(14(11,12)13)7-8(10)4-2;/h8-10H,3-7H2,1-2H3,(H,11,12,13);/q;+1/p-1. The Morgan fingerprint density at radius 3 is 2.20 bits per heavy atom. The molecule has 0 heterocycles. The minimum absolute atomic E-state index is 0. The number of unbranched alkanes of at least 4 members (excludes halogenated alkanes) is 1. The zero-order chi connectivity index (χ0) is 11.2. The first-order chi connectivity index (χ1) is 6.41. The summed E-state index contributed by atoms with van der Waals surface area (Å²) in [6, 6.07) is 0. The van der Waals surface area contributed by atoms with Crippen LogP contribution in [0.5, 0.6) is 0 Å². The number of hydrogen-bond acceptors (Lipinski definition) is 4. The molecule has 4 nitrogen and oxygen atoms in total. The average Bonchev–Trinajstić information content (AvgIpc) is 2.09. The maximum absolute atomic E-state index is 10.8. The predicted molar refractivity (Wildman–Crippen MR) is 53.9 cm³/mol. The molecular weight excluding hydrogens is 243 g/mol. The summed E-state index contributed by atoms with van der Waals surface area (Å²) in [5, 5.41) is 8.37.